The summed E-state index contributed by atoms with van der Waals surface area (Å²) in [6.45, 7) is 2.81. The van der Waals surface area contributed by atoms with Gasteiger partial charge < -0.3 is 4.90 Å². The van der Waals surface area contributed by atoms with E-state index < -0.39 is 9.84 Å². The van der Waals surface area contributed by atoms with Gasteiger partial charge in [0.1, 0.15) is 0 Å². The van der Waals surface area contributed by atoms with Gasteiger partial charge in [-0.1, -0.05) is 22.0 Å². The lowest BCUT2D eigenvalue weighted by Gasteiger charge is -2.37. The molecule has 0 bridgehead atoms. The maximum atomic E-state index is 12.5. The molecule has 5 nitrogen and oxygen atoms in total. The average molecular weight is 387 g/mol. The molecule has 120 valence electrons. The fourth-order valence-corrected chi connectivity index (χ4v) is 5.32. The van der Waals surface area contributed by atoms with Crippen LogP contribution >= 0.6 is 15.9 Å². The van der Waals surface area contributed by atoms with Crippen LogP contribution in [0.1, 0.15) is 16.8 Å². The number of benzene rings is 1. The Hall–Kier alpha value is -0.920. The Morgan fingerprint density at radius 2 is 1.91 bits per heavy atom. The number of nitrogens with zero attached hydrogens (tertiary/aromatic N) is 2. The summed E-state index contributed by atoms with van der Waals surface area (Å²) in [5.74, 6) is 0.613. The predicted octanol–water partition coefficient (Wildman–Crippen LogP) is 1.39. The van der Waals surface area contributed by atoms with Gasteiger partial charge >= 0.3 is 0 Å². The fraction of sp³-hybridized carbons (Fsp3) is 0.533. The molecule has 1 atom stereocenters. The monoisotopic (exact) mass is 386 g/mol. The molecular weight excluding hydrogens is 368 g/mol. The minimum Gasteiger partial charge on any atom is -0.336 e. The minimum atomic E-state index is -2.85. The molecule has 22 heavy (non-hydrogen) atoms. The standard InChI is InChI=1S/C15H19BrN2O3S/c16-13-3-1-2-12(10-13)15(19)18-7-5-17(6-8-18)14-4-9-22(20,21)11-14/h1-3,10,14H,4-9,11H2. The number of rotatable bonds is 2. The summed E-state index contributed by atoms with van der Waals surface area (Å²) >= 11 is 3.38. The van der Waals surface area contributed by atoms with Crippen LogP contribution in [-0.4, -0.2) is 67.9 Å². The Morgan fingerprint density at radius 3 is 2.50 bits per heavy atom. The van der Waals surface area contributed by atoms with Crippen molar-refractivity contribution in [2.24, 2.45) is 0 Å². The number of piperazine rings is 1. The van der Waals surface area contributed by atoms with Gasteiger partial charge in [-0.25, -0.2) is 8.42 Å². The Bertz CT molecular complexity index is 669. The van der Waals surface area contributed by atoms with E-state index in [1.165, 1.54) is 0 Å². The van der Waals surface area contributed by atoms with Crippen molar-refractivity contribution in [1.29, 1.82) is 0 Å². The summed E-state index contributed by atoms with van der Waals surface area (Å²) in [5.41, 5.74) is 0.686. The van der Waals surface area contributed by atoms with Crippen molar-refractivity contribution in [2.75, 3.05) is 37.7 Å². The first-order valence-corrected chi connectivity index (χ1v) is 10.1. The van der Waals surface area contributed by atoms with Gasteiger partial charge in [-0.2, -0.15) is 0 Å². The van der Waals surface area contributed by atoms with Crippen LogP contribution in [-0.2, 0) is 9.84 Å². The second-order valence-electron chi connectivity index (χ2n) is 5.90. The lowest BCUT2D eigenvalue weighted by Crippen LogP contribution is -2.52. The van der Waals surface area contributed by atoms with Crippen molar-refractivity contribution in [3.63, 3.8) is 0 Å². The largest absolute Gasteiger partial charge is 0.336 e. The number of amides is 1. The highest BCUT2D eigenvalue weighted by Crippen LogP contribution is 2.20. The zero-order chi connectivity index (χ0) is 15.7. The number of carbonyl (C=O) groups is 1. The highest BCUT2D eigenvalue weighted by atomic mass is 79.9. The third-order valence-corrected chi connectivity index (χ3v) is 6.64. The van der Waals surface area contributed by atoms with Crippen molar-refractivity contribution in [3.8, 4) is 0 Å². The molecule has 2 aliphatic rings. The van der Waals surface area contributed by atoms with E-state index in [0.717, 1.165) is 24.0 Å². The normalized spacial score (nSPS) is 25.3. The van der Waals surface area contributed by atoms with Crippen molar-refractivity contribution in [1.82, 2.24) is 9.80 Å². The first kappa shape index (κ1) is 16.0. The fourth-order valence-electron chi connectivity index (χ4n) is 3.16. The molecule has 0 aliphatic carbocycles. The highest BCUT2D eigenvalue weighted by Gasteiger charge is 2.34. The van der Waals surface area contributed by atoms with Gasteiger partial charge in [0.2, 0.25) is 0 Å². The molecule has 0 spiro atoms. The molecule has 7 heteroatoms. The summed E-state index contributed by atoms with van der Waals surface area (Å²) in [6.07, 6.45) is 0.724. The highest BCUT2D eigenvalue weighted by molar-refractivity contribution is 9.10. The van der Waals surface area contributed by atoms with E-state index in [2.05, 4.69) is 20.8 Å². The zero-order valence-corrected chi connectivity index (χ0v) is 14.6. The van der Waals surface area contributed by atoms with E-state index in [4.69, 9.17) is 0 Å². The van der Waals surface area contributed by atoms with Gasteiger partial charge in [-0.15, -0.1) is 0 Å². The Labute approximate surface area is 139 Å². The smallest absolute Gasteiger partial charge is 0.253 e. The van der Waals surface area contributed by atoms with Crippen LogP contribution in [0, 0.1) is 0 Å². The number of sulfone groups is 1. The number of hydrogen-bond acceptors (Lipinski definition) is 4. The molecule has 2 heterocycles. The lowest BCUT2D eigenvalue weighted by molar-refractivity contribution is 0.0588. The second-order valence-corrected chi connectivity index (χ2v) is 9.04. The molecular formula is C15H19BrN2O3S. The number of carbonyl (C=O) groups excluding carboxylic acids is 1. The van der Waals surface area contributed by atoms with Gasteiger partial charge in [-0.3, -0.25) is 9.69 Å². The molecule has 2 aliphatic heterocycles. The minimum absolute atomic E-state index is 0.0417. The van der Waals surface area contributed by atoms with Crippen LogP contribution < -0.4 is 0 Å². The Balaban J connectivity index is 1.59. The third-order valence-electron chi connectivity index (χ3n) is 4.40. The van der Waals surface area contributed by atoms with E-state index in [1.54, 1.807) is 0 Å². The Kier molecular flexibility index (Phi) is 4.56. The molecule has 2 saturated heterocycles. The van der Waals surface area contributed by atoms with Gasteiger partial charge in [-0.05, 0) is 24.6 Å². The molecule has 3 rings (SSSR count). The van der Waals surface area contributed by atoms with E-state index >= 15 is 0 Å². The van der Waals surface area contributed by atoms with Gasteiger partial charge in [0.05, 0.1) is 11.5 Å². The van der Waals surface area contributed by atoms with Crippen LogP contribution in [0.5, 0.6) is 0 Å². The Morgan fingerprint density at radius 1 is 1.18 bits per heavy atom. The van der Waals surface area contributed by atoms with E-state index in [9.17, 15) is 13.2 Å². The zero-order valence-electron chi connectivity index (χ0n) is 12.2. The molecule has 0 radical (unpaired) electrons. The van der Waals surface area contributed by atoms with Crippen LogP contribution in [0.3, 0.4) is 0 Å². The van der Waals surface area contributed by atoms with E-state index in [0.29, 0.717) is 24.4 Å². The quantitative estimate of drug-likeness (QED) is 0.770. The van der Waals surface area contributed by atoms with Gasteiger partial charge in [0, 0.05) is 42.3 Å². The van der Waals surface area contributed by atoms with Crippen molar-refractivity contribution < 1.29 is 13.2 Å². The molecule has 1 aromatic carbocycles. The van der Waals surface area contributed by atoms with E-state index in [-0.39, 0.29) is 17.7 Å². The van der Waals surface area contributed by atoms with Crippen molar-refractivity contribution in [2.45, 2.75) is 12.5 Å². The molecule has 0 N–H and O–H groups in total. The summed E-state index contributed by atoms with van der Waals surface area (Å²) in [4.78, 5) is 16.5. The maximum absolute atomic E-state index is 12.5. The molecule has 1 aromatic rings. The SMILES string of the molecule is O=C(c1cccc(Br)c1)N1CCN(C2CCS(=O)(=O)C2)CC1. The van der Waals surface area contributed by atoms with Crippen molar-refractivity contribution >= 4 is 31.7 Å². The summed E-state index contributed by atoms with van der Waals surface area (Å²) < 4.78 is 24.1. The van der Waals surface area contributed by atoms with Crippen LogP contribution in [0.2, 0.25) is 0 Å². The molecule has 1 amide bonds. The van der Waals surface area contributed by atoms with Crippen LogP contribution in [0.15, 0.2) is 28.7 Å². The summed E-state index contributed by atoms with van der Waals surface area (Å²) in [5, 5.41) is 0. The molecule has 0 saturated carbocycles. The maximum Gasteiger partial charge on any atom is 0.253 e. The topological polar surface area (TPSA) is 57.7 Å². The van der Waals surface area contributed by atoms with E-state index in [1.807, 2.05) is 29.2 Å². The molecule has 2 fully saturated rings. The first-order chi connectivity index (χ1) is 10.4. The first-order valence-electron chi connectivity index (χ1n) is 7.44. The summed E-state index contributed by atoms with van der Waals surface area (Å²) in [7, 11) is -2.85. The number of halogens is 1. The molecule has 1 unspecified atom stereocenters. The average Bonchev–Trinajstić information content (AvgIpc) is 2.87. The van der Waals surface area contributed by atoms with Gasteiger partial charge in [0.15, 0.2) is 9.84 Å². The van der Waals surface area contributed by atoms with Crippen LogP contribution in [0.4, 0.5) is 0 Å². The van der Waals surface area contributed by atoms with Crippen LogP contribution in [0.25, 0.3) is 0 Å². The van der Waals surface area contributed by atoms with Gasteiger partial charge in [0.25, 0.3) is 5.91 Å². The predicted molar refractivity (Wildman–Crippen MR) is 88.7 cm³/mol. The van der Waals surface area contributed by atoms with Crippen molar-refractivity contribution in [3.05, 3.63) is 34.3 Å². The summed E-state index contributed by atoms with van der Waals surface area (Å²) in [6, 6.07) is 7.54. The third kappa shape index (κ3) is 3.52. The second kappa shape index (κ2) is 6.29. The number of hydrogen-bond donors (Lipinski definition) is 0. The molecule has 0 aromatic heterocycles. The lowest BCUT2D eigenvalue weighted by atomic mass is 10.1.